The fourth-order valence-corrected chi connectivity index (χ4v) is 3.51. The summed E-state index contributed by atoms with van der Waals surface area (Å²) in [4.78, 5) is 16.5. The minimum atomic E-state index is -0.851. The minimum absolute atomic E-state index is 0.0256. The van der Waals surface area contributed by atoms with Crippen LogP contribution in [0.1, 0.15) is 15.4 Å². The molecule has 1 heterocycles. The average Bonchev–Trinajstić information content (AvgIpc) is 2.97. The SMILES string of the molecule is O=C(O)Cc1sc(/C=C/c2ccccc2)nc1-c1ccc(Br)cc1. The van der Waals surface area contributed by atoms with E-state index in [1.807, 2.05) is 66.7 Å². The molecule has 2 aromatic carbocycles. The number of aliphatic carboxylic acids is 1. The molecule has 0 aliphatic carbocycles. The predicted octanol–water partition coefficient (Wildman–Crippen LogP) is 5.37. The average molecular weight is 400 g/mol. The Hall–Kier alpha value is -2.24. The van der Waals surface area contributed by atoms with Gasteiger partial charge in [-0.1, -0.05) is 64.5 Å². The van der Waals surface area contributed by atoms with Crippen LogP contribution in [0.15, 0.2) is 59.1 Å². The zero-order valence-electron chi connectivity index (χ0n) is 12.6. The molecule has 0 fully saturated rings. The van der Waals surface area contributed by atoms with Crippen LogP contribution in [0.2, 0.25) is 0 Å². The molecule has 0 aliphatic heterocycles. The predicted molar refractivity (Wildman–Crippen MR) is 102 cm³/mol. The molecule has 0 saturated carbocycles. The number of benzene rings is 2. The van der Waals surface area contributed by atoms with Crippen molar-refractivity contribution < 1.29 is 9.90 Å². The molecule has 0 spiro atoms. The maximum atomic E-state index is 11.1. The van der Waals surface area contributed by atoms with Gasteiger partial charge in [-0.05, 0) is 23.8 Å². The third-order valence-corrected chi connectivity index (χ3v) is 4.91. The zero-order chi connectivity index (χ0) is 16.9. The number of carboxylic acid groups (broad SMARTS) is 1. The molecule has 3 nitrogen and oxygen atoms in total. The molecular weight excluding hydrogens is 386 g/mol. The number of aromatic nitrogens is 1. The second-order valence-corrected chi connectivity index (χ2v) is 7.18. The Bertz CT molecular complexity index is 870. The van der Waals surface area contributed by atoms with Gasteiger partial charge in [0.1, 0.15) is 5.01 Å². The lowest BCUT2D eigenvalue weighted by molar-refractivity contribution is -0.136. The van der Waals surface area contributed by atoms with E-state index >= 15 is 0 Å². The van der Waals surface area contributed by atoms with Crippen molar-refractivity contribution >= 4 is 45.4 Å². The first-order valence-electron chi connectivity index (χ1n) is 7.32. The fraction of sp³-hybridized carbons (Fsp3) is 0.0526. The topological polar surface area (TPSA) is 50.2 Å². The summed E-state index contributed by atoms with van der Waals surface area (Å²) in [6, 6.07) is 17.7. The van der Waals surface area contributed by atoms with E-state index in [-0.39, 0.29) is 6.42 Å². The van der Waals surface area contributed by atoms with E-state index in [1.165, 1.54) is 11.3 Å². The Labute approximate surface area is 152 Å². The largest absolute Gasteiger partial charge is 0.481 e. The molecule has 0 amide bonds. The van der Waals surface area contributed by atoms with Crippen molar-refractivity contribution in [2.45, 2.75) is 6.42 Å². The number of carboxylic acids is 1. The maximum absolute atomic E-state index is 11.1. The summed E-state index contributed by atoms with van der Waals surface area (Å²) in [5.74, 6) is -0.851. The molecule has 24 heavy (non-hydrogen) atoms. The zero-order valence-corrected chi connectivity index (χ0v) is 15.0. The molecule has 120 valence electrons. The lowest BCUT2D eigenvalue weighted by Gasteiger charge is -2.00. The highest BCUT2D eigenvalue weighted by atomic mass is 79.9. The van der Waals surface area contributed by atoms with E-state index in [9.17, 15) is 4.79 Å². The molecule has 0 saturated heterocycles. The number of halogens is 1. The number of nitrogens with zero attached hydrogens (tertiary/aromatic N) is 1. The van der Waals surface area contributed by atoms with Crippen molar-refractivity contribution in [3.8, 4) is 11.3 Å². The summed E-state index contributed by atoms with van der Waals surface area (Å²) >= 11 is 4.83. The van der Waals surface area contributed by atoms with E-state index in [0.29, 0.717) is 0 Å². The number of rotatable bonds is 5. The van der Waals surface area contributed by atoms with Crippen LogP contribution in [0, 0.1) is 0 Å². The van der Waals surface area contributed by atoms with Crippen molar-refractivity contribution in [2.24, 2.45) is 0 Å². The highest BCUT2D eigenvalue weighted by Gasteiger charge is 2.14. The van der Waals surface area contributed by atoms with Crippen LogP contribution in [-0.2, 0) is 11.2 Å². The van der Waals surface area contributed by atoms with E-state index in [1.54, 1.807) is 0 Å². The third-order valence-electron chi connectivity index (χ3n) is 3.36. The van der Waals surface area contributed by atoms with Gasteiger partial charge in [0.2, 0.25) is 0 Å². The van der Waals surface area contributed by atoms with E-state index in [4.69, 9.17) is 5.11 Å². The van der Waals surface area contributed by atoms with E-state index in [2.05, 4.69) is 20.9 Å². The van der Waals surface area contributed by atoms with Gasteiger partial charge in [0, 0.05) is 14.9 Å². The third kappa shape index (κ3) is 4.19. The van der Waals surface area contributed by atoms with Crippen LogP contribution in [0.3, 0.4) is 0 Å². The smallest absolute Gasteiger partial charge is 0.308 e. The van der Waals surface area contributed by atoms with E-state index in [0.717, 1.165) is 31.2 Å². The van der Waals surface area contributed by atoms with Crippen LogP contribution in [0.25, 0.3) is 23.4 Å². The van der Waals surface area contributed by atoms with Crippen LogP contribution in [0.5, 0.6) is 0 Å². The maximum Gasteiger partial charge on any atom is 0.308 e. The molecule has 0 radical (unpaired) electrons. The summed E-state index contributed by atoms with van der Waals surface area (Å²) in [5, 5.41) is 9.95. The van der Waals surface area contributed by atoms with Crippen molar-refractivity contribution in [3.63, 3.8) is 0 Å². The second-order valence-electron chi connectivity index (χ2n) is 5.15. The van der Waals surface area contributed by atoms with Crippen molar-refractivity contribution in [1.29, 1.82) is 0 Å². The number of carbonyl (C=O) groups is 1. The monoisotopic (exact) mass is 399 g/mol. The van der Waals surface area contributed by atoms with Crippen LogP contribution in [0.4, 0.5) is 0 Å². The molecule has 0 bridgehead atoms. The van der Waals surface area contributed by atoms with Crippen molar-refractivity contribution in [2.75, 3.05) is 0 Å². The van der Waals surface area contributed by atoms with Gasteiger partial charge in [-0.3, -0.25) is 4.79 Å². The molecule has 3 aromatic rings. The van der Waals surface area contributed by atoms with Gasteiger partial charge in [0.15, 0.2) is 0 Å². The quantitative estimate of drug-likeness (QED) is 0.627. The van der Waals surface area contributed by atoms with Gasteiger partial charge in [-0.25, -0.2) is 4.98 Å². The Kier molecular flexibility index (Phi) is 5.23. The van der Waals surface area contributed by atoms with Crippen molar-refractivity contribution in [3.05, 3.63) is 74.5 Å². The highest BCUT2D eigenvalue weighted by molar-refractivity contribution is 9.10. The summed E-state index contributed by atoms with van der Waals surface area (Å²) in [6.45, 7) is 0. The second kappa shape index (κ2) is 7.55. The molecule has 5 heteroatoms. The summed E-state index contributed by atoms with van der Waals surface area (Å²) in [6.07, 6.45) is 3.88. The first kappa shape index (κ1) is 16.6. The van der Waals surface area contributed by atoms with Crippen LogP contribution >= 0.6 is 27.3 Å². The Balaban J connectivity index is 1.95. The van der Waals surface area contributed by atoms with Gasteiger partial charge in [0.05, 0.1) is 12.1 Å². The number of hydrogen-bond donors (Lipinski definition) is 1. The number of hydrogen-bond acceptors (Lipinski definition) is 3. The molecule has 1 N–H and O–H groups in total. The van der Waals surface area contributed by atoms with E-state index < -0.39 is 5.97 Å². The van der Waals surface area contributed by atoms with Crippen LogP contribution < -0.4 is 0 Å². The molecule has 0 atom stereocenters. The summed E-state index contributed by atoms with van der Waals surface area (Å²) < 4.78 is 0.977. The standard InChI is InChI=1S/C19H14BrNO2S/c20-15-9-7-14(8-10-15)19-16(12-18(22)23)24-17(21-19)11-6-13-4-2-1-3-5-13/h1-11H,12H2,(H,22,23)/b11-6+. The molecule has 3 rings (SSSR count). The Morgan fingerprint density at radius 1 is 1.08 bits per heavy atom. The Morgan fingerprint density at radius 2 is 1.79 bits per heavy atom. The normalized spacial score (nSPS) is 11.0. The first-order chi connectivity index (χ1) is 11.6. The first-order valence-corrected chi connectivity index (χ1v) is 8.93. The van der Waals surface area contributed by atoms with Gasteiger partial charge in [-0.15, -0.1) is 11.3 Å². The molecule has 0 aliphatic rings. The lowest BCUT2D eigenvalue weighted by atomic mass is 10.1. The van der Waals surface area contributed by atoms with Gasteiger partial charge in [0.25, 0.3) is 0 Å². The van der Waals surface area contributed by atoms with Gasteiger partial charge >= 0.3 is 5.97 Å². The lowest BCUT2D eigenvalue weighted by Crippen LogP contribution is -1.99. The highest BCUT2D eigenvalue weighted by Crippen LogP contribution is 2.30. The summed E-state index contributed by atoms with van der Waals surface area (Å²) in [5.41, 5.74) is 2.74. The minimum Gasteiger partial charge on any atom is -0.481 e. The Morgan fingerprint density at radius 3 is 2.46 bits per heavy atom. The fourth-order valence-electron chi connectivity index (χ4n) is 2.26. The number of thiazole rings is 1. The molecule has 0 unspecified atom stereocenters. The summed E-state index contributed by atoms with van der Waals surface area (Å²) in [7, 11) is 0. The molecular formula is C19H14BrNO2S. The van der Waals surface area contributed by atoms with Crippen LogP contribution in [-0.4, -0.2) is 16.1 Å². The van der Waals surface area contributed by atoms with Gasteiger partial charge in [-0.2, -0.15) is 0 Å². The van der Waals surface area contributed by atoms with Crippen molar-refractivity contribution in [1.82, 2.24) is 4.98 Å². The molecule has 1 aromatic heterocycles. The van der Waals surface area contributed by atoms with Gasteiger partial charge < -0.3 is 5.11 Å².